The second kappa shape index (κ2) is 5.12. The molecule has 0 aromatic heterocycles. The third kappa shape index (κ3) is 2.83. The predicted molar refractivity (Wildman–Crippen MR) is 78.0 cm³/mol. The summed E-state index contributed by atoms with van der Waals surface area (Å²) in [5.74, 6) is 0.153. The highest BCUT2D eigenvalue weighted by Crippen LogP contribution is 2.26. The lowest BCUT2D eigenvalue weighted by molar-refractivity contribution is -0.129. The van der Waals surface area contributed by atoms with Crippen molar-refractivity contribution in [1.82, 2.24) is 4.90 Å². The van der Waals surface area contributed by atoms with Crippen LogP contribution in [0, 0.1) is 3.57 Å². The number of anilines is 2. The highest BCUT2D eigenvalue weighted by Gasteiger charge is 2.19. The molecule has 0 bridgehead atoms. The fraction of sp³-hybridized carbons (Fsp3) is 0.417. The first-order valence-electron chi connectivity index (χ1n) is 5.63. The Bertz CT molecular complexity index is 428. The molecule has 1 fully saturated rings. The van der Waals surface area contributed by atoms with Crippen LogP contribution in [0.25, 0.3) is 0 Å². The molecule has 0 aliphatic carbocycles. The molecule has 1 aliphatic heterocycles. The molecular weight excluding hydrogens is 329 g/mol. The molecule has 1 heterocycles. The molecule has 0 radical (unpaired) electrons. The SMILES string of the molecule is CC(=O)N1CCN(c2ccc(I)cc2N)CC1. The van der Waals surface area contributed by atoms with Gasteiger partial charge in [0, 0.05) is 36.7 Å². The summed E-state index contributed by atoms with van der Waals surface area (Å²) in [4.78, 5) is 15.4. The molecule has 17 heavy (non-hydrogen) atoms. The summed E-state index contributed by atoms with van der Waals surface area (Å²) < 4.78 is 1.14. The Morgan fingerprint density at radius 3 is 2.47 bits per heavy atom. The number of rotatable bonds is 1. The van der Waals surface area contributed by atoms with Crippen molar-refractivity contribution >= 4 is 39.9 Å². The van der Waals surface area contributed by atoms with Crippen LogP contribution in [0.15, 0.2) is 18.2 Å². The second-order valence-electron chi connectivity index (χ2n) is 4.20. The molecule has 1 aliphatic rings. The molecule has 0 atom stereocenters. The van der Waals surface area contributed by atoms with Gasteiger partial charge in [-0.2, -0.15) is 0 Å². The van der Waals surface area contributed by atoms with Crippen molar-refractivity contribution < 1.29 is 4.79 Å². The quantitative estimate of drug-likeness (QED) is 0.621. The van der Waals surface area contributed by atoms with E-state index in [9.17, 15) is 4.79 Å². The largest absolute Gasteiger partial charge is 0.397 e. The first-order chi connectivity index (χ1) is 8.08. The maximum Gasteiger partial charge on any atom is 0.219 e. The number of carbonyl (C=O) groups is 1. The lowest BCUT2D eigenvalue weighted by Crippen LogP contribution is -2.48. The van der Waals surface area contributed by atoms with Crippen LogP contribution in [0.1, 0.15) is 6.92 Å². The van der Waals surface area contributed by atoms with Gasteiger partial charge in [0.1, 0.15) is 0 Å². The van der Waals surface area contributed by atoms with Gasteiger partial charge in [0.25, 0.3) is 0 Å². The minimum Gasteiger partial charge on any atom is -0.397 e. The van der Waals surface area contributed by atoms with Crippen molar-refractivity contribution in [3.8, 4) is 0 Å². The molecule has 5 heteroatoms. The Morgan fingerprint density at radius 2 is 1.94 bits per heavy atom. The van der Waals surface area contributed by atoms with E-state index in [4.69, 9.17) is 5.73 Å². The molecule has 4 nitrogen and oxygen atoms in total. The monoisotopic (exact) mass is 345 g/mol. The van der Waals surface area contributed by atoms with E-state index in [2.05, 4.69) is 39.6 Å². The number of hydrogen-bond acceptors (Lipinski definition) is 3. The Hall–Kier alpha value is -0.980. The van der Waals surface area contributed by atoms with Gasteiger partial charge in [0.05, 0.1) is 11.4 Å². The minimum atomic E-state index is 0.153. The summed E-state index contributed by atoms with van der Waals surface area (Å²) in [6.45, 7) is 4.88. The van der Waals surface area contributed by atoms with Crippen LogP contribution in [-0.4, -0.2) is 37.0 Å². The van der Waals surface area contributed by atoms with Crippen LogP contribution in [0.4, 0.5) is 11.4 Å². The first kappa shape index (κ1) is 12.5. The number of hydrogen-bond donors (Lipinski definition) is 1. The van der Waals surface area contributed by atoms with Gasteiger partial charge >= 0.3 is 0 Å². The predicted octanol–water partition coefficient (Wildman–Crippen LogP) is 1.54. The zero-order valence-electron chi connectivity index (χ0n) is 9.82. The topological polar surface area (TPSA) is 49.6 Å². The van der Waals surface area contributed by atoms with Crippen molar-refractivity contribution in [3.63, 3.8) is 0 Å². The summed E-state index contributed by atoms with van der Waals surface area (Å²) in [6, 6.07) is 6.09. The van der Waals surface area contributed by atoms with Crippen LogP contribution < -0.4 is 10.6 Å². The zero-order valence-corrected chi connectivity index (χ0v) is 12.0. The molecule has 0 unspecified atom stereocenters. The van der Waals surface area contributed by atoms with E-state index in [0.717, 1.165) is 41.1 Å². The molecule has 0 spiro atoms. The van der Waals surface area contributed by atoms with Gasteiger partial charge in [-0.05, 0) is 40.8 Å². The fourth-order valence-electron chi connectivity index (χ4n) is 2.08. The average molecular weight is 345 g/mol. The number of carbonyl (C=O) groups excluding carboxylic acids is 1. The zero-order chi connectivity index (χ0) is 12.4. The van der Waals surface area contributed by atoms with E-state index in [1.807, 2.05) is 11.0 Å². The van der Waals surface area contributed by atoms with Crippen LogP contribution in [-0.2, 0) is 4.79 Å². The molecule has 92 valence electrons. The van der Waals surface area contributed by atoms with E-state index >= 15 is 0 Å². The first-order valence-corrected chi connectivity index (χ1v) is 6.71. The Balaban J connectivity index is 2.08. The number of nitrogen functional groups attached to an aromatic ring is 1. The van der Waals surface area contributed by atoms with Crippen molar-refractivity contribution in [2.75, 3.05) is 36.8 Å². The number of amides is 1. The smallest absolute Gasteiger partial charge is 0.219 e. The van der Waals surface area contributed by atoms with Gasteiger partial charge in [0.2, 0.25) is 5.91 Å². The minimum absolute atomic E-state index is 0.153. The van der Waals surface area contributed by atoms with Crippen molar-refractivity contribution in [2.24, 2.45) is 0 Å². The van der Waals surface area contributed by atoms with Crippen LogP contribution in [0.2, 0.25) is 0 Å². The molecule has 1 amide bonds. The molecule has 1 aromatic carbocycles. The van der Waals surface area contributed by atoms with Crippen molar-refractivity contribution in [1.29, 1.82) is 0 Å². The molecule has 1 aromatic rings. The lowest BCUT2D eigenvalue weighted by atomic mass is 10.2. The lowest BCUT2D eigenvalue weighted by Gasteiger charge is -2.36. The summed E-state index contributed by atoms with van der Waals surface area (Å²) in [5.41, 5.74) is 7.91. The molecule has 0 saturated carbocycles. The second-order valence-corrected chi connectivity index (χ2v) is 5.44. The summed E-state index contributed by atoms with van der Waals surface area (Å²) in [7, 11) is 0. The van der Waals surface area contributed by atoms with Crippen LogP contribution in [0.3, 0.4) is 0 Å². The Kier molecular flexibility index (Phi) is 3.76. The highest BCUT2D eigenvalue weighted by atomic mass is 127. The molecular formula is C12H16IN3O. The third-order valence-electron chi connectivity index (χ3n) is 3.06. The Labute approximate surface area is 115 Å². The standard InChI is InChI=1S/C12H16IN3O/c1-9(17)15-4-6-16(7-5-15)12-3-2-10(13)8-11(12)14/h2-3,8H,4-7,14H2,1H3. The third-order valence-corrected chi connectivity index (χ3v) is 3.73. The van der Waals surface area contributed by atoms with Gasteiger partial charge in [-0.1, -0.05) is 0 Å². The van der Waals surface area contributed by atoms with Crippen molar-refractivity contribution in [3.05, 3.63) is 21.8 Å². The van der Waals surface area contributed by atoms with Gasteiger partial charge in [-0.25, -0.2) is 0 Å². The molecule has 2 rings (SSSR count). The maximum atomic E-state index is 11.2. The number of halogens is 1. The number of piperazine rings is 1. The van der Waals surface area contributed by atoms with Crippen LogP contribution >= 0.6 is 22.6 Å². The number of nitrogens with zero attached hydrogens (tertiary/aromatic N) is 2. The Morgan fingerprint density at radius 1 is 1.29 bits per heavy atom. The number of nitrogens with two attached hydrogens (primary N) is 1. The summed E-state index contributed by atoms with van der Waals surface area (Å²) in [5, 5.41) is 0. The van der Waals surface area contributed by atoms with E-state index in [1.165, 1.54) is 0 Å². The van der Waals surface area contributed by atoms with Gasteiger partial charge < -0.3 is 15.5 Å². The van der Waals surface area contributed by atoms with Gasteiger partial charge in [-0.3, -0.25) is 4.79 Å². The molecule has 1 saturated heterocycles. The number of benzene rings is 1. The highest BCUT2D eigenvalue weighted by molar-refractivity contribution is 14.1. The fourth-order valence-corrected chi connectivity index (χ4v) is 2.59. The van der Waals surface area contributed by atoms with Gasteiger partial charge in [-0.15, -0.1) is 0 Å². The van der Waals surface area contributed by atoms with Crippen LogP contribution in [0.5, 0.6) is 0 Å². The van der Waals surface area contributed by atoms with E-state index in [0.29, 0.717) is 0 Å². The van der Waals surface area contributed by atoms with E-state index in [-0.39, 0.29) is 5.91 Å². The normalized spacial score (nSPS) is 16.1. The summed E-state index contributed by atoms with van der Waals surface area (Å²) >= 11 is 2.25. The maximum absolute atomic E-state index is 11.2. The average Bonchev–Trinajstić information content (AvgIpc) is 2.29. The molecule has 2 N–H and O–H groups in total. The van der Waals surface area contributed by atoms with E-state index in [1.54, 1.807) is 6.92 Å². The van der Waals surface area contributed by atoms with E-state index < -0.39 is 0 Å². The van der Waals surface area contributed by atoms with Gasteiger partial charge in [0.15, 0.2) is 0 Å². The van der Waals surface area contributed by atoms with Crippen molar-refractivity contribution in [2.45, 2.75) is 6.92 Å². The summed E-state index contributed by atoms with van der Waals surface area (Å²) in [6.07, 6.45) is 0.